The summed E-state index contributed by atoms with van der Waals surface area (Å²) in [5, 5.41) is 4.14. The summed E-state index contributed by atoms with van der Waals surface area (Å²) in [6.07, 6.45) is 3.97. The molecule has 0 spiro atoms. The first-order valence-corrected chi connectivity index (χ1v) is 10.6. The second kappa shape index (κ2) is 8.57. The second-order valence-electron chi connectivity index (χ2n) is 7.55. The first kappa shape index (κ1) is 21.4. The number of allylic oxidation sites excluding steroid dienone is 1. The highest BCUT2D eigenvalue weighted by molar-refractivity contribution is 14.1. The van der Waals surface area contributed by atoms with Crippen molar-refractivity contribution in [3.05, 3.63) is 62.7 Å². The van der Waals surface area contributed by atoms with Crippen molar-refractivity contribution >= 4 is 46.0 Å². The van der Waals surface area contributed by atoms with Crippen LogP contribution in [0.4, 0.5) is 5.69 Å². The molecule has 29 heavy (non-hydrogen) atoms. The maximum atomic E-state index is 12.4. The van der Waals surface area contributed by atoms with Gasteiger partial charge in [0.2, 0.25) is 0 Å². The van der Waals surface area contributed by atoms with E-state index in [9.17, 15) is 4.79 Å². The number of nitrogens with zero attached hydrogens (tertiary/aromatic N) is 2. The van der Waals surface area contributed by atoms with Gasteiger partial charge >= 0.3 is 0 Å². The summed E-state index contributed by atoms with van der Waals surface area (Å²) < 4.78 is 6.22. The number of methoxy groups -OCH3 is 1. The van der Waals surface area contributed by atoms with Crippen LogP contribution in [-0.2, 0) is 0 Å². The summed E-state index contributed by atoms with van der Waals surface area (Å²) in [7, 11) is 1.59. The molecule has 1 aliphatic heterocycles. The number of anilines is 1. The molecule has 0 bridgehead atoms. The summed E-state index contributed by atoms with van der Waals surface area (Å²) in [6, 6.07) is 11.6. The smallest absolute Gasteiger partial charge is 0.271 e. The zero-order valence-corrected chi connectivity index (χ0v) is 19.6. The molecule has 1 heterocycles. The van der Waals surface area contributed by atoms with Crippen molar-refractivity contribution in [1.29, 1.82) is 0 Å². The van der Waals surface area contributed by atoms with Gasteiger partial charge in [-0.15, -0.1) is 0 Å². The topological polar surface area (TPSA) is 53.9 Å². The van der Waals surface area contributed by atoms with E-state index in [1.807, 2.05) is 12.1 Å². The van der Waals surface area contributed by atoms with Crippen molar-refractivity contribution in [3.63, 3.8) is 0 Å². The Morgan fingerprint density at radius 2 is 2.03 bits per heavy atom. The molecule has 0 radical (unpaired) electrons. The van der Waals surface area contributed by atoms with E-state index < -0.39 is 0 Å². The standard InChI is InChI=1S/C23H26IN3O2/c1-6-27-20-10-7-16(11-18(20)15(2)13-23(27,3)4)14-25-26-22(28)17-8-9-19(24)21(12-17)29-5/h7-14H,6H2,1-5H3,(H,26,28)/b25-14+. The molecule has 152 valence electrons. The molecule has 0 unspecified atom stereocenters. The molecule has 0 atom stereocenters. The molecule has 0 saturated carbocycles. The zero-order valence-electron chi connectivity index (χ0n) is 17.4. The fourth-order valence-electron chi connectivity index (χ4n) is 3.79. The summed E-state index contributed by atoms with van der Waals surface area (Å²) in [4.78, 5) is 14.7. The molecule has 5 nitrogen and oxygen atoms in total. The van der Waals surface area contributed by atoms with E-state index in [2.05, 4.69) is 83.9 Å². The average Bonchev–Trinajstić information content (AvgIpc) is 2.68. The van der Waals surface area contributed by atoms with Crippen molar-refractivity contribution < 1.29 is 9.53 Å². The van der Waals surface area contributed by atoms with Crippen molar-refractivity contribution in [2.24, 2.45) is 5.10 Å². The van der Waals surface area contributed by atoms with Gasteiger partial charge in [0.15, 0.2) is 0 Å². The highest BCUT2D eigenvalue weighted by Crippen LogP contribution is 2.38. The minimum Gasteiger partial charge on any atom is -0.496 e. The van der Waals surface area contributed by atoms with Gasteiger partial charge in [0.25, 0.3) is 5.91 Å². The van der Waals surface area contributed by atoms with Crippen LogP contribution in [0.15, 0.2) is 47.6 Å². The van der Waals surface area contributed by atoms with Crippen LogP contribution in [0.5, 0.6) is 5.75 Å². The summed E-state index contributed by atoms with van der Waals surface area (Å²) in [6.45, 7) is 9.71. The Morgan fingerprint density at radius 3 is 2.72 bits per heavy atom. The molecule has 1 amide bonds. The normalized spacial score (nSPS) is 15.1. The van der Waals surface area contributed by atoms with Crippen LogP contribution in [0.1, 0.15) is 49.2 Å². The molecule has 2 aromatic rings. The number of rotatable bonds is 5. The number of benzene rings is 2. The third kappa shape index (κ3) is 4.47. The highest BCUT2D eigenvalue weighted by atomic mass is 127. The molecule has 1 aliphatic rings. The molecule has 1 N–H and O–H groups in total. The second-order valence-corrected chi connectivity index (χ2v) is 8.71. The number of amides is 1. The van der Waals surface area contributed by atoms with E-state index in [0.29, 0.717) is 11.3 Å². The Labute approximate surface area is 186 Å². The summed E-state index contributed by atoms with van der Waals surface area (Å²) in [5.41, 5.74) is 7.70. The van der Waals surface area contributed by atoms with Crippen molar-refractivity contribution in [1.82, 2.24) is 5.43 Å². The van der Waals surface area contributed by atoms with E-state index in [0.717, 1.165) is 15.7 Å². The maximum Gasteiger partial charge on any atom is 0.271 e. The first-order chi connectivity index (χ1) is 13.8. The van der Waals surface area contributed by atoms with E-state index in [1.165, 1.54) is 16.8 Å². The zero-order chi connectivity index (χ0) is 21.2. The summed E-state index contributed by atoms with van der Waals surface area (Å²) >= 11 is 2.17. The first-order valence-electron chi connectivity index (χ1n) is 9.55. The largest absolute Gasteiger partial charge is 0.496 e. The predicted molar refractivity (Wildman–Crippen MR) is 128 cm³/mol. The van der Waals surface area contributed by atoms with Gasteiger partial charge < -0.3 is 9.64 Å². The van der Waals surface area contributed by atoms with Crippen LogP contribution in [0.3, 0.4) is 0 Å². The minimum absolute atomic E-state index is 0.00995. The summed E-state index contributed by atoms with van der Waals surface area (Å²) in [5.74, 6) is 0.395. The Hall–Kier alpha value is -2.35. The Balaban J connectivity index is 1.77. The number of fused-ring (bicyclic) bond motifs is 1. The predicted octanol–water partition coefficient (Wildman–Crippen LogP) is 5.09. The SMILES string of the molecule is CCN1c2ccc(/C=N/NC(=O)c3ccc(I)c(OC)c3)cc2C(C)=CC1(C)C. The van der Waals surface area contributed by atoms with Gasteiger partial charge in [0.05, 0.1) is 22.4 Å². The van der Waals surface area contributed by atoms with Crippen LogP contribution in [0.25, 0.3) is 5.57 Å². The lowest BCUT2D eigenvalue weighted by Gasteiger charge is -2.42. The van der Waals surface area contributed by atoms with Crippen LogP contribution >= 0.6 is 22.6 Å². The maximum absolute atomic E-state index is 12.4. The van der Waals surface area contributed by atoms with Gasteiger partial charge in [-0.3, -0.25) is 4.79 Å². The molecule has 6 heteroatoms. The molecule has 0 fully saturated rings. The molecular weight excluding hydrogens is 477 g/mol. The fourth-order valence-corrected chi connectivity index (χ4v) is 4.35. The number of carbonyl (C=O) groups is 1. The molecule has 0 aliphatic carbocycles. The molecule has 0 saturated heterocycles. The molecular formula is C23H26IN3O2. The van der Waals surface area contributed by atoms with Crippen LogP contribution < -0.4 is 15.1 Å². The Morgan fingerprint density at radius 1 is 1.28 bits per heavy atom. The van der Waals surface area contributed by atoms with Gasteiger partial charge in [-0.05, 0) is 91.8 Å². The van der Waals surface area contributed by atoms with E-state index in [4.69, 9.17) is 4.74 Å². The van der Waals surface area contributed by atoms with Gasteiger partial charge in [0.1, 0.15) is 5.75 Å². The third-order valence-electron chi connectivity index (χ3n) is 5.11. The van der Waals surface area contributed by atoms with Gasteiger partial charge in [0, 0.05) is 23.4 Å². The van der Waals surface area contributed by atoms with Gasteiger partial charge in [-0.25, -0.2) is 5.43 Å². The number of halogens is 1. The van der Waals surface area contributed by atoms with Crippen molar-refractivity contribution in [2.75, 3.05) is 18.6 Å². The lowest BCUT2D eigenvalue weighted by molar-refractivity contribution is 0.0954. The Kier molecular flexibility index (Phi) is 6.31. The van der Waals surface area contributed by atoms with Crippen LogP contribution in [0, 0.1) is 3.57 Å². The van der Waals surface area contributed by atoms with E-state index in [1.54, 1.807) is 25.5 Å². The number of hydrogen-bond acceptors (Lipinski definition) is 4. The fraction of sp³-hybridized carbons (Fsp3) is 0.304. The minimum atomic E-state index is -0.274. The van der Waals surface area contributed by atoms with E-state index in [-0.39, 0.29) is 11.4 Å². The van der Waals surface area contributed by atoms with Gasteiger partial charge in [-0.1, -0.05) is 12.1 Å². The number of carbonyl (C=O) groups excluding carboxylic acids is 1. The highest BCUT2D eigenvalue weighted by Gasteiger charge is 2.29. The van der Waals surface area contributed by atoms with Crippen LogP contribution in [-0.4, -0.2) is 31.3 Å². The van der Waals surface area contributed by atoms with E-state index >= 15 is 0 Å². The number of hydrazone groups is 1. The van der Waals surface area contributed by atoms with Crippen LogP contribution in [0.2, 0.25) is 0 Å². The molecule has 0 aromatic heterocycles. The number of ether oxygens (including phenoxy) is 1. The monoisotopic (exact) mass is 503 g/mol. The Bertz CT molecular complexity index is 996. The molecule has 3 rings (SSSR count). The van der Waals surface area contributed by atoms with Crippen molar-refractivity contribution in [2.45, 2.75) is 33.2 Å². The number of nitrogens with one attached hydrogen (secondary N) is 1. The van der Waals surface area contributed by atoms with Gasteiger partial charge in [-0.2, -0.15) is 5.10 Å². The quantitative estimate of drug-likeness (QED) is 0.352. The lowest BCUT2D eigenvalue weighted by Crippen LogP contribution is -2.44. The molecule has 2 aromatic carbocycles. The number of hydrogen-bond donors (Lipinski definition) is 1. The average molecular weight is 503 g/mol. The van der Waals surface area contributed by atoms with Crippen molar-refractivity contribution in [3.8, 4) is 5.75 Å². The number of likely N-dealkylation sites (N-methyl/N-ethyl adjacent to an activating group) is 1. The lowest BCUT2D eigenvalue weighted by atomic mass is 9.88. The third-order valence-corrected chi connectivity index (χ3v) is 6.00.